The predicted octanol–water partition coefficient (Wildman–Crippen LogP) is 1.76. The molecule has 2 rings (SSSR count). The van der Waals surface area contributed by atoms with E-state index in [-0.39, 0.29) is 0 Å². The highest BCUT2D eigenvalue weighted by molar-refractivity contribution is 8.00. The number of nitrogens with two attached hydrogens (primary N) is 1. The smallest absolute Gasteiger partial charge is 0.252 e. The van der Waals surface area contributed by atoms with Crippen LogP contribution >= 0.6 is 11.8 Å². The normalized spacial score (nSPS) is 20.2. The molecule has 1 aliphatic heterocycles. The summed E-state index contributed by atoms with van der Waals surface area (Å²) in [7, 11) is 0. The van der Waals surface area contributed by atoms with Gasteiger partial charge in [-0.25, -0.2) is 0 Å². The van der Waals surface area contributed by atoms with Crippen molar-refractivity contribution in [3.63, 3.8) is 0 Å². The average molecular weight is 265 g/mol. The molecule has 1 atom stereocenters. The Morgan fingerprint density at radius 2 is 2.39 bits per heavy atom. The zero-order valence-corrected chi connectivity index (χ0v) is 11.6. The Labute approximate surface area is 112 Å². The average Bonchev–Trinajstić information content (AvgIpc) is 2.39. The summed E-state index contributed by atoms with van der Waals surface area (Å²) in [5.74, 6) is 1.32. The van der Waals surface area contributed by atoms with E-state index in [4.69, 9.17) is 5.73 Å². The number of pyridine rings is 1. The molecule has 1 aromatic rings. The molecule has 5 heteroatoms. The third-order valence-corrected chi connectivity index (χ3v) is 4.78. The van der Waals surface area contributed by atoms with Gasteiger partial charge in [0.25, 0.3) is 5.91 Å². The molecular weight excluding hydrogens is 246 g/mol. The van der Waals surface area contributed by atoms with Crippen LogP contribution in [0.15, 0.2) is 18.5 Å². The quantitative estimate of drug-likeness (QED) is 0.904. The Bertz CT molecular complexity index is 436. The van der Waals surface area contributed by atoms with E-state index in [9.17, 15) is 4.79 Å². The molecule has 2 heterocycles. The summed E-state index contributed by atoms with van der Waals surface area (Å²) < 4.78 is 0. The maximum Gasteiger partial charge on any atom is 0.252 e. The summed E-state index contributed by atoms with van der Waals surface area (Å²) >= 11 is 2.01. The number of thioether (sulfide) groups is 1. The second kappa shape index (κ2) is 5.61. The van der Waals surface area contributed by atoms with Crippen molar-refractivity contribution in [2.24, 2.45) is 11.7 Å². The first-order valence-electron chi connectivity index (χ1n) is 6.20. The number of rotatable bonds is 3. The molecule has 4 nitrogen and oxygen atoms in total. The minimum Gasteiger partial charge on any atom is -0.369 e. The van der Waals surface area contributed by atoms with Crippen molar-refractivity contribution < 1.29 is 4.79 Å². The van der Waals surface area contributed by atoms with Crippen molar-refractivity contribution in [1.29, 1.82) is 0 Å². The number of nitrogens with zero attached hydrogens (tertiary/aromatic N) is 2. The minimum atomic E-state index is -0.405. The molecule has 0 spiro atoms. The van der Waals surface area contributed by atoms with E-state index in [1.165, 1.54) is 0 Å². The Morgan fingerprint density at radius 1 is 1.61 bits per heavy atom. The lowest BCUT2D eigenvalue weighted by Crippen LogP contribution is -2.41. The highest BCUT2D eigenvalue weighted by Gasteiger charge is 2.25. The van der Waals surface area contributed by atoms with Crippen molar-refractivity contribution in [3.8, 4) is 0 Å². The summed E-state index contributed by atoms with van der Waals surface area (Å²) in [4.78, 5) is 17.7. The number of anilines is 1. The second-order valence-corrected chi connectivity index (χ2v) is 6.20. The van der Waals surface area contributed by atoms with Gasteiger partial charge in [-0.05, 0) is 12.0 Å². The van der Waals surface area contributed by atoms with Crippen LogP contribution in [0.4, 0.5) is 5.69 Å². The molecule has 1 aliphatic rings. The van der Waals surface area contributed by atoms with Crippen LogP contribution in [0.25, 0.3) is 0 Å². The van der Waals surface area contributed by atoms with Crippen molar-refractivity contribution in [2.45, 2.75) is 19.1 Å². The molecule has 18 heavy (non-hydrogen) atoms. The van der Waals surface area contributed by atoms with Gasteiger partial charge in [0.1, 0.15) is 0 Å². The summed E-state index contributed by atoms with van der Waals surface area (Å²) in [6, 6.07) is 1.88. The fourth-order valence-electron chi connectivity index (χ4n) is 2.15. The Hall–Kier alpha value is -1.23. The van der Waals surface area contributed by atoms with E-state index in [0.29, 0.717) is 16.7 Å². The standard InChI is InChI=1S/C13H19N3OS/c1-9(2)12-8-16(5-6-18-12)11-3-4-15-7-10(11)13(14)17/h3-4,7,9,12H,5-6,8H2,1-2H3,(H2,14,17). The lowest BCUT2D eigenvalue weighted by molar-refractivity contribution is 0.100. The van der Waals surface area contributed by atoms with Crippen LogP contribution in [0.5, 0.6) is 0 Å². The van der Waals surface area contributed by atoms with E-state index in [0.717, 1.165) is 24.5 Å². The SMILES string of the molecule is CC(C)C1CN(c2ccncc2C(N)=O)CCS1. The van der Waals surface area contributed by atoms with Crippen LogP contribution in [-0.2, 0) is 0 Å². The zero-order valence-electron chi connectivity index (χ0n) is 10.8. The van der Waals surface area contributed by atoms with Gasteiger partial charge in [0.2, 0.25) is 0 Å². The number of hydrogen-bond acceptors (Lipinski definition) is 4. The van der Waals surface area contributed by atoms with Gasteiger partial charge in [0.05, 0.1) is 11.3 Å². The first-order chi connectivity index (χ1) is 8.59. The third kappa shape index (κ3) is 2.77. The van der Waals surface area contributed by atoms with Gasteiger partial charge >= 0.3 is 0 Å². The Kier molecular flexibility index (Phi) is 4.11. The summed E-state index contributed by atoms with van der Waals surface area (Å²) in [6.45, 7) is 6.40. The highest BCUT2D eigenvalue weighted by atomic mass is 32.2. The fraction of sp³-hybridized carbons (Fsp3) is 0.538. The number of aromatic nitrogens is 1. The van der Waals surface area contributed by atoms with Crippen LogP contribution in [0.2, 0.25) is 0 Å². The molecular formula is C13H19N3OS. The van der Waals surface area contributed by atoms with Crippen LogP contribution in [-0.4, -0.2) is 35.0 Å². The van der Waals surface area contributed by atoms with Gasteiger partial charge in [-0.1, -0.05) is 13.8 Å². The molecule has 98 valence electrons. The molecule has 1 unspecified atom stereocenters. The Morgan fingerprint density at radius 3 is 3.06 bits per heavy atom. The maximum absolute atomic E-state index is 11.4. The molecule has 0 radical (unpaired) electrons. The van der Waals surface area contributed by atoms with Crippen molar-refractivity contribution >= 4 is 23.4 Å². The first-order valence-corrected chi connectivity index (χ1v) is 7.25. The molecule has 2 N–H and O–H groups in total. The monoisotopic (exact) mass is 265 g/mol. The van der Waals surface area contributed by atoms with Crippen LogP contribution in [0.1, 0.15) is 24.2 Å². The highest BCUT2D eigenvalue weighted by Crippen LogP contribution is 2.29. The van der Waals surface area contributed by atoms with E-state index >= 15 is 0 Å². The summed E-state index contributed by atoms with van der Waals surface area (Å²) in [5.41, 5.74) is 6.85. The van der Waals surface area contributed by atoms with E-state index in [1.807, 2.05) is 17.8 Å². The number of primary amides is 1. The van der Waals surface area contributed by atoms with Gasteiger partial charge in [0, 0.05) is 36.5 Å². The molecule has 0 bridgehead atoms. The summed E-state index contributed by atoms with van der Waals surface area (Å²) in [5, 5.41) is 0.604. The lowest BCUT2D eigenvalue weighted by atomic mass is 10.1. The Balaban J connectivity index is 2.23. The largest absolute Gasteiger partial charge is 0.369 e. The maximum atomic E-state index is 11.4. The van der Waals surface area contributed by atoms with Crippen LogP contribution in [0.3, 0.4) is 0 Å². The third-order valence-electron chi connectivity index (χ3n) is 3.24. The molecule has 1 amide bonds. The molecule has 0 saturated carbocycles. The first kappa shape index (κ1) is 13.2. The summed E-state index contributed by atoms with van der Waals surface area (Å²) in [6.07, 6.45) is 3.28. The minimum absolute atomic E-state index is 0.405. The second-order valence-electron chi connectivity index (χ2n) is 4.86. The molecule has 0 aliphatic carbocycles. The van der Waals surface area contributed by atoms with Crippen molar-refractivity contribution in [3.05, 3.63) is 24.0 Å². The van der Waals surface area contributed by atoms with Gasteiger partial charge in [0.15, 0.2) is 0 Å². The van der Waals surface area contributed by atoms with E-state index < -0.39 is 5.91 Å². The topological polar surface area (TPSA) is 59.2 Å². The molecule has 1 aromatic heterocycles. The lowest BCUT2D eigenvalue weighted by Gasteiger charge is -2.36. The van der Waals surface area contributed by atoms with Crippen molar-refractivity contribution in [1.82, 2.24) is 4.98 Å². The van der Waals surface area contributed by atoms with Crippen LogP contribution in [0, 0.1) is 5.92 Å². The van der Waals surface area contributed by atoms with Crippen molar-refractivity contribution in [2.75, 3.05) is 23.7 Å². The fourth-order valence-corrected chi connectivity index (χ4v) is 3.45. The molecule has 0 aromatic carbocycles. The number of carbonyl (C=O) groups is 1. The van der Waals surface area contributed by atoms with Gasteiger partial charge < -0.3 is 10.6 Å². The number of carbonyl (C=O) groups excluding carboxylic acids is 1. The van der Waals surface area contributed by atoms with Gasteiger partial charge in [-0.15, -0.1) is 0 Å². The molecule has 1 saturated heterocycles. The predicted molar refractivity (Wildman–Crippen MR) is 76.1 cm³/mol. The van der Waals surface area contributed by atoms with Crippen LogP contribution < -0.4 is 10.6 Å². The van der Waals surface area contributed by atoms with Gasteiger partial charge in [-0.2, -0.15) is 11.8 Å². The molecule has 1 fully saturated rings. The number of amides is 1. The number of hydrogen-bond donors (Lipinski definition) is 1. The van der Waals surface area contributed by atoms with E-state index in [1.54, 1.807) is 12.4 Å². The van der Waals surface area contributed by atoms with E-state index in [2.05, 4.69) is 23.7 Å². The zero-order chi connectivity index (χ0) is 13.1. The van der Waals surface area contributed by atoms with Gasteiger partial charge in [-0.3, -0.25) is 9.78 Å².